The van der Waals surface area contributed by atoms with E-state index in [4.69, 9.17) is 5.73 Å². The van der Waals surface area contributed by atoms with Gasteiger partial charge in [-0.2, -0.15) is 0 Å². The molecule has 0 saturated carbocycles. The van der Waals surface area contributed by atoms with Crippen LogP contribution in [0.2, 0.25) is 0 Å². The van der Waals surface area contributed by atoms with Crippen molar-refractivity contribution in [2.75, 3.05) is 13.6 Å². The summed E-state index contributed by atoms with van der Waals surface area (Å²) in [6, 6.07) is -0.595. The maximum atomic E-state index is 11.7. The Morgan fingerprint density at radius 2 is 2.00 bits per heavy atom. The number of hydrogen-bond donors (Lipinski definition) is 3. The maximum Gasteiger partial charge on any atom is 0.245 e. The molecule has 0 aromatic rings. The number of rotatable bonds is 4. The zero-order chi connectivity index (χ0) is 12.8. The van der Waals surface area contributed by atoms with Crippen molar-refractivity contribution in [1.82, 2.24) is 10.6 Å². The fraction of sp³-hybridized carbons (Fsp3) is 0.700. The molecule has 2 amide bonds. The van der Waals surface area contributed by atoms with Gasteiger partial charge in [-0.1, -0.05) is 20.8 Å². The molecule has 0 fully saturated rings. The summed E-state index contributed by atoms with van der Waals surface area (Å²) in [5.41, 5.74) is 4.85. The Morgan fingerprint density at radius 3 is 2.38 bits per heavy atom. The average Bonchev–Trinajstić information content (AvgIpc) is 2.20. The average molecular weight is 228 g/mol. The molecule has 6 heteroatoms. The predicted octanol–water partition coefficient (Wildman–Crippen LogP) is -0.750. The van der Waals surface area contributed by atoms with Gasteiger partial charge in [0, 0.05) is 7.05 Å². The molecule has 0 heterocycles. The highest BCUT2D eigenvalue weighted by Crippen LogP contribution is 2.21. The molecular formula is C10H20N4O2. The van der Waals surface area contributed by atoms with E-state index in [-0.39, 0.29) is 23.8 Å². The first kappa shape index (κ1) is 14.4. The molecule has 0 spiro atoms. The molecule has 0 aliphatic heterocycles. The molecule has 6 nitrogen and oxygen atoms in total. The molecule has 0 aliphatic rings. The Hall–Kier alpha value is -1.59. The van der Waals surface area contributed by atoms with Crippen LogP contribution in [0, 0.1) is 5.41 Å². The van der Waals surface area contributed by atoms with Gasteiger partial charge in [-0.15, -0.1) is 0 Å². The van der Waals surface area contributed by atoms with Crippen LogP contribution in [0.5, 0.6) is 0 Å². The monoisotopic (exact) mass is 228 g/mol. The van der Waals surface area contributed by atoms with Crippen LogP contribution in [0.25, 0.3) is 0 Å². The highest BCUT2D eigenvalue weighted by atomic mass is 16.2. The Kier molecular flexibility index (Phi) is 5.49. The summed E-state index contributed by atoms with van der Waals surface area (Å²) in [6.45, 7) is 5.58. The standard InChI is InChI=1S/C10H20N4O2/c1-10(2,3)8(14-6-11)9(16)13-5-7(15)12-4/h6,8H,5H2,1-4H3,(H2,11,14)(H,12,15)(H,13,16). The number of nitrogens with two attached hydrogens (primary N) is 1. The van der Waals surface area contributed by atoms with E-state index in [0.29, 0.717) is 0 Å². The smallest absolute Gasteiger partial charge is 0.245 e. The van der Waals surface area contributed by atoms with Crippen LogP contribution in [0.3, 0.4) is 0 Å². The van der Waals surface area contributed by atoms with Gasteiger partial charge >= 0.3 is 0 Å². The first-order chi connectivity index (χ1) is 7.32. The molecule has 0 rings (SSSR count). The maximum absolute atomic E-state index is 11.7. The van der Waals surface area contributed by atoms with Crippen LogP contribution in [-0.2, 0) is 9.59 Å². The zero-order valence-electron chi connectivity index (χ0n) is 10.2. The van der Waals surface area contributed by atoms with Gasteiger partial charge in [-0.25, -0.2) is 0 Å². The number of likely N-dealkylation sites (N-methyl/N-ethyl adjacent to an activating group) is 1. The molecule has 0 aromatic heterocycles. The summed E-state index contributed by atoms with van der Waals surface area (Å²) < 4.78 is 0. The van der Waals surface area contributed by atoms with Crippen molar-refractivity contribution in [1.29, 1.82) is 0 Å². The van der Waals surface area contributed by atoms with Crippen molar-refractivity contribution in [2.24, 2.45) is 16.1 Å². The normalized spacial score (nSPS) is 13.5. The number of nitrogens with one attached hydrogen (secondary N) is 2. The van der Waals surface area contributed by atoms with Gasteiger partial charge in [-0.3, -0.25) is 14.6 Å². The van der Waals surface area contributed by atoms with Crippen molar-refractivity contribution in [2.45, 2.75) is 26.8 Å². The third-order valence-corrected chi connectivity index (χ3v) is 2.01. The molecular weight excluding hydrogens is 208 g/mol. The summed E-state index contributed by atoms with van der Waals surface area (Å²) in [5, 5.41) is 4.92. The SMILES string of the molecule is CNC(=O)CNC(=O)C(N=CN)C(C)(C)C. The lowest BCUT2D eigenvalue weighted by atomic mass is 9.86. The predicted molar refractivity (Wildman–Crippen MR) is 63.0 cm³/mol. The largest absolute Gasteiger partial charge is 0.390 e. The van der Waals surface area contributed by atoms with Crippen molar-refractivity contribution in [3.8, 4) is 0 Å². The van der Waals surface area contributed by atoms with Gasteiger partial charge in [0.2, 0.25) is 11.8 Å². The highest BCUT2D eigenvalue weighted by Gasteiger charge is 2.30. The van der Waals surface area contributed by atoms with Crippen LogP contribution in [0.1, 0.15) is 20.8 Å². The lowest BCUT2D eigenvalue weighted by molar-refractivity contribution is -0.128. The Balaban J connectivity index is 4.47. The molecule has 16 heavy (non-hydrogen) atoms. The van der Waals surface area contributed by atoms with E-state index in [2.05, 4.69) is 15.6 Å². The minimum atomic E-state index is -0.595. The highest BCUT2D eigenvalue weighted by molar-refractivity contribution is 5.88. The Bertz CT molecular complexity index is 281. The van der Waals surface area contributed by atoms with Gasteiger partial charge in [0.25, 0.3) is 0 Å². The minimum absolute atomic E-state index is 0.0536. The summed E-state index contributed by atoms with van der Waals surface area (Å²) in [6.07, 6.45) is 1.11. The summed E-state index contributed by atoms with van der Waals surface area (Å²) in [4.78, 5) is 26.6. The van der Waals surface area contributed by atoms with Crippen LogP contribution in [0.4, 0.5) is 0 Å². The number of carbonyl (C=O) groups excluding carboxylic acids is 2. The molecule has 4 N–H and O–H groups in total. The topological polar surface area (TPSA) is 96.6 Å². The second-order valence-corrected chi connectivity index (χ2v) is 4.46. The fourth-order valence-corrected chi connectivity index (χ4v) is 1.12. The van der Waals surface area contributed by atoms with Crippen molar-refractivity contribution in [3.63, 3.8) is 0 Å². The third-order valence-electron chi connectivity index (χ3n) is 2.01. The number of hydrogen-bond acceptors (Lipinski definition) is 3. The zero-order valence-corrected chi connectivity index (χ0v) is 10.2. The first-order valence-electron chi connectivity index (χ1n) is 5.04. The molecule has 0 aromatic carbocycles. The Morgan fingerprint density at radius 1 is 1.44 bits per heavy atom. The summed E-state index contributed by atoms with van der Waals surface area (Å²) >= 11 is 0. The van der Waals surface area contributed by atoms with E-state index in [0.717, 1.165) is 6.34 Å². The second-order valence-electron chi connectivity index (χ2n) is 4.46. The second kappa shape index (κ2) is 6.09. The van der Waals surface area contributed by atoms with Gasteiger partial charge in [0.1, 0.15) is 6.04 Å². The van der Waals surface area contributed by atoms with E-state index < -0.39 is 6.04 Å². The quantitative estimate of drug-likeness (QED) is 0.436. The van der Waals surface area contributed by atoms with Crippen LogP contribution >= 0.6 is 0 Å². The molecule has 0 bridgehead atoms. The Labute approximate surface area is 95.7 Å². The lowest BCUT2D eigenvalue weighted by Crippen LogP contribution is -2.45. The number of nitrogens with zero attached hydrogens (tertiary/aromatic N) is 1. The number of aliphatic imine (C=N–C) groups is 1. The third kappa shape index (κ3) is 4.77. The van der Waals surface area contributed by atoms with Gasteiger partial charge in [0.15, 0.2) is 0 Å². The van der Waals surface area contributed by atoms with Crippen molar-refractivity contribution < 1.29 is 9.59 Å². The fourth-order valence-electron chi connectivity index (χ4n) is 1.12. The van der Waals surface area contributed by atoms with Gasteiger partial charge in [0.05, 0.1) is 12.9 Å². The van der Waals surface area contributed by atoms with E-state index in [1.54, 1.807) is 0 Å². The van der Waals surface area contributed by atoms with Crippen LogP contribution < -0.4 is 16.4 Å². The number of amides is 2. The molecule has 0 radical (unpaired) electrons. The van der Waals surface area contributed by atoms with E-state index in [1.807, 2.05) is 20.8 Å². The number of carbonyl (C=O) groups is 2. The van der Waals surface area contributed by atoms with Gasteiger partial charge < -0.3 is 16.4 Å². The molecule has 92 valence electrons. The van der Waals surface area contributed by atoms with Crippen molar-refractivity contribution >= 4 is 18.2 Å². The van der Waals surface area contributed by atoms with E-state index in [1.165, 1.54) is 7.05 Å². The van der Waals surface area contributed by atoms with E-state index in [9.17, 15) is 9.59 Å². The molecule has 0 aliphatic carbocycles. The molecule has 1 atom stereocenters. The minimum Gasteiger partial charge on any atom is -0.390 e. The molecule has 0 saturated heterocycles. The first-order valence-corrected chi connectivity index (χ1v) is 5.04. The van der Waals surface area contributed by atoms with Crippen LogP contribution in [0.15, 0.2) is 4.99 Å². The van der Waals surface area contributed by atoms with Gasteiger partial charge in [-0.05, 0) is 5.41 Å². The van der Waals surface area contributed by atoms with E-state index >= 15 is 0 Å². The molecule has 1 unspecified atom stereocenters. The summed E-state index contributed by atoms with van der Waals surface area (Å²) in [7, 11) is 1.51. The lowest BCUT2D eigenvalue weighted by Gasteiger charge is -2.25. The summed E-state index contributed by atoms with van der Waals surface area (Å²) in [5.74, 6) is -0.560. The van der Waals surface area contributed by atoms with Crippen molar-refractivity contribution in [3.05, 3.63) is 0 Å². The van der Waals surface area contributed by atoms with Crippen LogP contribution in [-0.4, -0.2) is 37.8 Å².